The van der Waals surface area contributed by atoms with Crippen LogP contribution in [0.15, 0.2) is 36.5 Å². The van der Waals surface area contributed by atoms with Crippen LogP contribution in [0.3, 0.4) is 0 Å². The number of carbonyl (C=O) groups is 1. The van der Waals surface area contributed by atoms with E-state index in [2.05, 4.69) is 21.3 Å². The Morgan fingerprint density at radius 2 is 2.04 bits per heavy atom. The second-order valence-electron chi connectivity index (χ2n) is 7.26. The Kier molecular flexibility index (Phi) is 6.75. The fourth-order valence-corrected chi connectivity index (χ4v) is 3.64. The van der Waals surface area contributed by atoms with Crippen LogP contribution in [-0.2, 0) is 6.54 Å². The molecule has 2 aromatic rings. The van der Waals surface area contributed by atoms with Gasteiger partial charge in [0, 0.05) is 51.5 Å². The van der Waals surface area contributed by atoms with Crippen LogP contribution in [0.2, 0.25) is 5.02 Å². The number of likely N-dealkylation sites (tertiary alicyclic amines) is 1. The Balaban J connectivity index is 1.55. The van der Waals surface area contributed by atoms with Crippen molar-refractivity contribution in [2.45, 2.75) is 25.4 Å². The molecule has 1 fully saturated rings. The standard InChI is InChI=1S/C21H27ClN4O2/c1-25(2)21(27)16-12-18(22)20(23-13-16)24-17-8-10-26(11-9-17)14-15-6-4-5-7-19(15)28-3/h4-7,12-13,17H,8-11,14H2,1-3H3,(H,23,24). The lowest BCUT2D eigenvalue weighted by Gasteiger charge is -2.33. The molecule has 1 amide bonds. The molecule has 1 aliphatic heterocycles. The minimum atomic E-state index is -0.106. The summed E-state index contributed by atoms with van der Waals surface area (Å²) in [6, 6.07) is 10.1. The highest BCUT2D eigenvalue weighted by Crippen LogP contribution is 2.25. The number of aromatic nitrogens is 1. The van der Waals surface area contributed by atoms with Crippen molar-refractivity contribution in [3.8, 4) is 5.75 Å². The third-order valence-electron chi connectivity index (χ3n) is 5.01. The zero-order valence-corrected chi connectivity index (χ0v) is 17.4. The van der Waals surface area contributed by atoms with E-state index >= 15 is 0 Å². The van der Waals surface area contributed by atoms with Gasteiger partial charge in [-0.25, -0.2) is 4.98 Å². The third kappa shape index (κ3) is 4.94. The Morgan fingerprint density at radius 1 is 1.32 bits per heavy atom. The quantitative estimate of drug-likeness (QED) is 0.801. The zero-order chi connectivity index (χ0) is 20.1. The molecule has 0 atom stereocenters. The molecule has 1 aliphatic rings. The van der Waals surface area contributed by atoms with E-state index in [4.69, 9.17) is 16.3 Å². The number of nitrogens with one attached hydrogen (secondary N) is 1. The minimum Gasteiger partial charge on any atom is -0.496 e. The predicted octanol–water partition coefficient (Wildman–Crippen LogP) is 3.52. The van der Waals surface area contributed by atoms with E-state index < -0.39 is 0 Å². The topological polar surface area (TPSA) is 57.7 Å². The molecule has 3 rings (SSSR count). The van der Waals surface area contributed by atoms with Gasteiger partial charge in [0.05, 0.1) is 17.7 Å². The second kappa shape index (κ2) is 9.26. The van der Waals surface area contributed by atoms with E-state index in [9.17, 15) is 4.79 Å². The molecule has 1 aromatic carbocycles. The number of rotatable bonds is 6. The van der Waals surface area contributed by atoms with Crippen LogP contribution in [0.1, 0.15) is 28.8 Å². The molecular weight excluding hydrogens is 376 g/mol. The fraction of sp³-hybridized carbons (Fsp3) is 0.429. The summed E-state index contributed by atoms with van der Waals surface area (Å²) >= 11 is 6.35. The third-order valence-corrected chi connectivity index (χ3v) is 5.30. The van der Waals surface area contributed by atoms with Gasteiger partial charge in [-0.1, -0.05) is 29.8 Å². The lowest BCUT2D eigenvalue weighted by Crippen LogP contribution is -2.38. The highest BCUT2D eigenvalue weighted by molar-refractivity contribution is 6.33. The first-order valence-corrected chi connectivity index (χ1v) is 9.83. The molecule has 0 unspecified atom stereocenters. The van der Waals surface area contributed by atoms with E-state index in [1.165, 1.54) is 10.5 Å². The molecule has 0 spiro atoms. The van der Waals surface area contributed by atoms with Crippen LogP contribution in [0.5, 0.6) is 5.75 Å². The zero-order valence-electron chi connectivity index (χ0n) is 16.6. The fourth-order valence-electron chi connectivity index (χ4n) is 3.42. The Labute approximate surface area is 171 Å². The number of ether oxygens (including phenoxy) is 1. The number of carbonyl (C=O) groups excluding carboxylic acids is 1. The number of benzene rings is 1. The first-order valence-electron chi connectivity index (χ1n) is 9.46. The van der Waals surface area contributed by atoms with Gasteiger partial charge in [0.2, 0.25) is 0 Å². The van der Waals surface area contributed by atoms with Crippen LogP contribution in [-0.4, -0.2) is 61.0 Å². The minimum absolute atomic E-state index is 0.106. The summed E-state index contributed by atoms with van der Waals surface area (Å²) in [5.41, 5.74) is 1.70. The summed E-state index contributed by atoms with van der Waals surface area (Å²) in [5.74, 6) is 1.47. The highest BCUT2D eigenvalue weighted by Gasteiger charge is 2.21. The van der Waals surface area contributed by atoms with Crippen LogP contribution < -0.4 is 10.1 Å². The number of piperidine rings is 1. The molecule has 1 N–H and O–H groups in total. The van der Waals surface area contributed by atoms with E-state index in [0.29, 0.717) is 22.4 Å². The van der Waals surface area contributed by atoms with Gasteiger partial charge < -0.3 is 15.0 Å². The Hall–Kier alpha value is -2.31. The lowest BCUT2D eigenvalue weighted by atomic mass is 10.0. The molecule has 0 bridgehead atoms. The molecule has 0 radical (unpaired) electrons. The van der Waals surface area contributed by atoms with Gasteiger partial charge in [-0.2, -0.15) is 0 Å². The first-order chi connectivity index (χ1) is 13.5. The molecule has 2 heterocycles. The predicted molar refractivity (Wildman–Crippen MR) is 112 cm³/mol. The summed E-state index contributed by atoms with van der Waals surface area (Å²) in [6.07, 6.45) is 3.59. The van der Waals surface area contributed by atoms with Gasteiger partial charge in [-0.3, -0.25) is 9.69 Å². The maximum atomic E-state index is 12.0. The van der Waals surface area contributed by atoms with Crippen molar-refractivity contribution in [2.75, 3.05) is 39.6 Å². The van der Waals surface area contributed by atoms with Crippen LogP contribution >= 0.6 is 11.6 Å². The summed E-state index contributed by atoms with van der Waals surface area (Å²) < 4.78 is 5.45. The van der Waals surface area contributed by atoms with Gasteiger partial charge >= 0.3 is 0 Å². The molecule has 1 saturated heterocycles. The van der Waals surface area contributed by atoms with E-state index in [-0.39, 0.29) is 5.91 Å². The maximum Gasteiger partial charge on any atom is 0.254 e. The molecule has 6 nitrogen and oxygen atoms in total. The van der Waals surface area contributed by atoms with Crippen molar-refractivity contribution < 1.29 is 9.53 Å². The Morgan fingerprint density at radius 3 is 2.68 bits per heavy atom. The smallest absolute Gasteiger partial charge is 0.254 e. The summed E-state index contributed by atoms with van der Waals surface area (Å²) in [6.45, 7) is 2.87. The van der Waals surface area contributed by atoms with Crippen molar-refractivity contribution in [2.24, 2.45) is 0 Å². The average molecular weight is 403 g/mol. The van der Waals surface area contributed by atoms with Crippen LogP contribution in [0, 0.1) is 0 Å². The van der Waals surface area contributed by atoms with E-state index in [0.717, 1.165) is 38.2 Å². The van der Waals surface area contributed by atoms with Gasteiger partial charge in [0.25, 0.3) is 5.91 Å². The number of methoxy groups -OCH3 is 1. The van der Waals surface area contributed by atoms with Crippen molar-refractivity contribution in [3.05, 3.63) is 52.7 Å². The SMILES string of the molecule is COc1ccccc1CN1CCC(Nc2ncc(C(=O)N(C)C)cc2Cl)CC1. The lowest BCUT2D eigenvalue weighted by molar-refractivity contribution is 0.0827. The van der Waals surface area contributed by atoms with Crippen molar-refractivity contribution in [3.63, 3.8) is 0 Å². The molecule has 1 aromatic heterocycles. The summed E-state index contributed by atoms with van der Waals surface area (Å²) in [4.78, 5) is 20.3. The normalized spacial score (nSPS) is 15.3. The second-order valence-corrected chi connectivity index (χ2v) is 7.67. The van der Waals surface area contributed by atoms with Gasteiger partial charge in [-0.15, -0.1) is 0 Å². The summed E-state index contributed by atoms with van der Waals surface area (Å²) in [7, 11) is 5.13. The summed E-state index contributed by atoms with van der Waals surface area (Å²) in [5, 5.41) is 3.91. The van der Waals surface area contributed by atoms with Crippen molar-refractivity contribution in [1.82, 2.24) is 14.8 Å². The molecule has 0 aliphatic carbocycles. The largest absolute Gasteiger partial charge is 0.496 e. The van der Waals surface area contributed by atoms with E-state index in [1.54, 1.807) is 33.5 Å². The number of hydrogen-bond donors (Lipinski definition) is 1. The van der Waals surface area contributed by atoms with Crippen molar-refractivity contribution in [1.29, 1.82) is 0 Å². The number of hydrogen-bond acceptors (Lipinski definition) is 5. The Bertz CT molecular complexity index is 820. The average Bonchev–Trinajstić information content (AvgIpc) is 2.70. The van der Waals surface area contributed by atoms with Gasteiger partial charge in [0.1, 0.15) is 11.6 Å². The number of nitrogens with zero attached hydrogens (tertiary/aromatic N) is 3. The number of amides is 1. The molecule has 28 heavy (non-hydrogen) atoms. The monoisotopic (exact) mass is 402 g/mol. The van der Waals surface area contributed by atoms with E-state index in [1.807, 2.05) is 18.2 Å². The molecular formula is C21H27ClN4O2. The molecule has 0 saturated carbocycles. The van der Waals surface area contributed by atoms with Gasteiger partial charge in [-0.05, 0) is 25.0 Å². The number of anilines is 1. The highest BCUT2D eigenvalue weighted by atomic mass is 35.5. The number of halogens is 1. The van der Waals surface area contributed by atoms with Gasteiger partial charge in [0.15, 0.2) is 0 Å². The first kappa shape index (κ1) is 20.4. The maximum absolute atomic E-state index is 12.0. The number of pyridine rings is 1. The number of para-hydroxylation sites is 1. The van der Waals surface area contributed by atoms with Crippen molar-refractivity contribution >= 4 is 23.3 Å². The molecule has 7 heteroatoms. The molecule has 150 valence electrons. The van der Waals surface area contributed by atoms with Crippen LogP contribution in [0.4, 0.5) is 5.82 Å². The van der Waals surface area contributed by atoms with Crippen LogP contribution in [0.25, 0.3) is 0 Å².